The lowest BCUT2D eigenvalue weighted by molar-refractivity contribution is -0.153. The predicted molar refractivity (Wildman–Crippen MR) is 104 cm³/mol. The van der Waals surface area contributed by atoms with Crippen LogP contribution in [-0.2, 0) is 6.54 Å². The first kappa shape index (κ1) is 20.8. The molecule has 2 fully saturated rings. The zero-order chi connectivity index (χ0) is 20.0. The molecule has 2 saturated carbocycles. The summed E-state index contributed by atoms with van der Waals surface area (Å²) in [5, 5.41) is 6.57. The van der Waals surface area contributed by atoms with E-state index in [4.69, 9.17) is 4.74 Å². The summed E-state index contributed by atoms with van der Waals surface area (Å²) in [7, 11) is 1.73. The molecule has 0 heterocycles. The maximum Gasteiger partial charge on any atom is 0.422 e. The summed E-state index contributed by atoms with van der Waals surface area (Å²) in [5.41, 5.74) is 0.940. The molecule has 0 saturated heterocycles. The number of rotatable bonds is 10. The Morgan fingerprint density at radius 3 is 2.43 bits per heavy atom. The van der Waals surface area contributed by atoms with E-state index < -0.39 is 12.8 Å². The van der Waals surface area contributed by atoms with Gasteiger partial charge in [0.25, 0.3) is 0 Å². The van der Waals surface area contributed by atoms with Gasteiger partial charge in [0.2, 0.25) is 0 Å². The maximum absolute atomic E-state index is 12.2. The molecule has 0 aromatic heterocycles. The van der Waals surface area contributed by atoms with Gasteiger partial charge < -0.3 is 15.4 Å². The lowest BCUT2D eigenvalue weighted by Gasteiger charge is -2.22. The van der Waals surface area contributed by atoms with E-state index in [1.807, 2.05) is 0 Å². The highest BCUT2D eigenvalue weighted by molar-refractivity contribution is 5.79. The number of guanidine groups is 1. The largest absolute Gasteiger partial charge is 0.484 e. The van der Waals surface area contributed by atoms with E-state index in [1.165, 1.54) is 32.2 Å². The minimum Gasteiger partial charge on any atom is -0.484 e. The molecule has 0 radical (unpaired) electrons. The number of alkyl halides is 3. The Hall–Kier alpha value is -1.96. The van der Waals surface area contributed by atoms with Crippen molar-refractivity contribution in [2.45, 2.75) is 44.4 Å². The number of aliphatic imine (C=N–C) groups is 1. The van der Waals surface area contributed by atoms with Gasteiger partial charge in [0, 0.05) is 39.3 Å². The van der Waals surface area contributed by atoms with Crippen LogP contribution in [0, 0.1) is 5.92 Å². The monoisotopic (exact) mass is 398 g/mol. The number of nitrogens with one attached hydrogen (secondary N) is 2. The van der Waals surface area contributed by atoms with Crippen molar-refractivity contribution in [2.75, 3.05) is 33.3 Å². The Bertz CT molecular complexity index is 640. The predicted octanol–water partition coefficient (Wildman–Crippen LogP) is 3.17. The van der Waals surface area contributed by atoms with Crippen LogP contribution in [0.3, 0.4) is 0 Å². The van der Waals surface area contributed by atoms with E-state index in [1.54, 1.807) is 31.3 Å². The third-order valence-corrected chi connectivity index (χ3v) is 4.95. The highest BCUT2D eigenvalue weighted by Crippen LogP contribution is 2.34. The Balaban J connectivity index is 1.36. The van der Waals surface area contributed by atoms with E-state index in [0.29, 0.717) is 6.54 Å². The van der Waals surface area contributed by atoms with Gasteiger partial charge in [0.15, 0.2) is 12.6 Å². The number of nitrogens with zero attached hydrogens (tertiary/aromatic N) is 2. The SMILES string of the molecule is CN=C(NCCN(CC1CC1)C1CC1)NCc1ccc(OCC(F)(F)F)cc1. The summed E-state index contributed by atoms with van der Waals surface area (Å²) in [6.45, 7) is 2.34. The molecule has 1 aromatic rings. The second kappa shape index (κ2) is 9.49. The van der Waals surface area contributed by atoms with Crippen LogP contribution in [0.15, 0.2) is 29.3 Å². The van der Waals surface area contributed by atoms with Gasteiger partial charge in [-0.25, -0.2) is 0 Å². The molecule has 0 spiro atoms. The second-order valence-electron chi connectivity index (χ2n) is 7.57. The number of benzene rings is 1. The normalized spacial score (nSPS) is 17.7. The summed E-state index contributed by atoms with van der Waals surface area (Å²) < 4.78 is 41.2. The van der Waals surface area contributed by atoms with Gasteiger partial charge in [-0.05, 0) is 49.3 Å². The van der Waals surface area contributed by atoms with Gasteiger partial charge >= 0.3 is 6.18 Å². The molecule has 2 aliphatic rings. The van der Waals surface area contributed by atoms with Crippen LogP contribution in [0.5, 0.6) is 5.75 Å². The molecule has 0 bridgehead atoms. The standard InChI is InChI=1S/C20H29F3N4O/c1-24-19(25-10-11-27(17-6-7-17)13-16-2-3-16)26-12-15-4-8-18(9-5-15)28-14-20(21,22)23/h4-5,8-9,16-17H,2-3,6-7,10-14H2,1H3,(H2,24,25,26). The fourth-order valence-corrected chi connectivity index (χ4v) is 3.09. The Morgan fingerprint density at radius 1 is 1.14 bits per heavy atom. The van der Waals surface area contributed by atoms with E-state index in [-0.39, 0.29) is 5.75 Å². The molecule has 5 nitrogen and oxygen atoms in total. The second-order valence-corrected chi connectivity index (χ2v) is 7.57. The van der Waals surface area contributed by atoms with Crippen molar-refractivity contribution in [2.24, 2.45) is 10.9 Å². The van der Waals surface area contributed by atoms with Gasteiger partial charge in [0.05, 0.1) is 0 Å². The first-order chi connectivity index (χ1) is 13.4. The van der Waals surface area contributed by atoms with Crippen LogP contribution in [0.4, 0.5) is 13.2 Å². The molecular formula is C20H29F3N4O. The fourth-order valence-electron chi connectivity index (χ4n) is 3.09. The summed E-state index contributed by atoms with van der Waals surface area (Å²) in [5.74, 6) is 1.83. The molecule has 0 aliphatic heterocycles. The van der Waals surface area contributed by atoms with Crippen LogP contribution < -0.4 is 15.4 Å². The van der Waals surface area contributed by atoms with Gasteiger partial charge in [-0.1, -0.05) is 12.1 Å². The number of hydrogen-bond acceptors (Lipinski definition) is 3. The molecule has 28 heavy (non-hydrogen) atoms. The Labute approximate surface area is 164 Å². The Kier molecular flexibility index (Phi) is 7.04. The van der Waals surface area contributed by atoms with Crippen molar-refractivity contribution in [3.63, 3.8) is 0 Å². The van der Waals surface area contributed by atoms with Crippen molar-refractivity contribution >= 4 is 5.96 Å². The van der Waals surface area contributed by atoms with Crippen molar-refractivity contribution in [1.29, 1.82) is 0 Å². The van der Waals surface area contributed by atoms with Gasteiger partial charge in [-0.3, -0.25) is 9.89 Å². The average Bonchev–Trinajstić information content (AvgIpc) is 3.55. The van der Waals surface area contributed by atoms with Gasteiger partial charge in [-0.15, -0.1) is 0 Å². The highest BCUT2D eigenvalue weighted by Gasteiger charge is 2.33. The van der Waals surface area contributed by atoms with Crippen LogP contribution in [0.25, 0.3) is 0 Å². The smallest absolute Gasteiger partial charge is 0.422 e. The lowest BCUT2D eigenvalue weighted by atomic mass is 10.2. The van der Waals surface area contributed by atoms with Crippen LogP contribution in [-0.4, -0.2) is 56.4 Å². The number of ether oxygens (including phenoxy) is 1. The minimum atomic E-state index is -4.33. The van der Waals surface area contributed by atoms with Crippen molar-refractivity contribution in [3.8, 4) is 5.75 Å². The quantitative estimate of drug-likeness (QED) is 0.470. The van der Waals surface area contributed by atoms with Gasteiger partial charge in [0.1, 0.15) is 5.75 Å². The first-order valence-corrected chi connectivity index (χ1v) is 9.90. The molecule has 1 aromatic carbocycles. The van der Waals surface area contributed by atoms with E-state index in [2.05, 4.69) is 20.5 Å². The number of hydrogen-bond donors (Lipinski definition) is 2. The molecule has 2 N–H and O–H groups in total. The molecular weight excluding hydrogens is 369 g/mol. The highest BCUT2D eigenvalue weighted by atomic mass is 19.4. The van der Waals surface area contributed by atoms with E-state index in [9.17, 15) is 13.2 Å². The van der Waals surface area contributed by atoms with Crippen LogP contribution >= 0.6 is 0 Å². The van der Waals surface area contributed by atoms with Gasteiger partial charge in [-0.2, -0.15) is 13.2 Å². The third kappa shape index (κ3) is 7.58. The van der Waals surface area contributed by atoms with Crippen molar-refractivity contribution in [3.05, 3.63) is 29.8 Å². The molecule has 3 rings (SSSR count). The zero-order valence-corrected chi connectivity index (χ0v) is 16.3. The van der Waals surface area contributed by atoms with Crippen molar-refractivity contribution < 1.29 is 17.9 Å². The minimum absolute atomic E-state index is 0.208. The van der Waals surface area contributed by atoms with E-state index >= 15 is 0 Å². The molecule has 0 amide bonds. The third-order valence-electron chi connectivity index (χ3n) is 4.95. The van der Waals surface area contributed by atoms with Crippen LogP contribution in [0.2, 0.25) is 0 Å². The maximum atomic E-state index is 12.2. The van der Waals surface area contributed by atoms with E-state index in [0.717, 1.165) is 36.6 Å². The van der Waals surface area contributed by atoms with Crippen molar-refractivity contribution in [1.82, 2.24) is 15.5 Å². The number of halogens is 3. The van der Waals surface area contributed by atoms with Crippen LogP contribution in [0.1, 0.15) is 31.2 Å². The Morgan fingerprint density at radius 2 is 1.86 bits per heavy atom. The summed E-state index contributed by atoms with van der Waals surface area (Å²) in [6, 6.07) is 7.36. The summed E-state index contributed by atoms with van der Waals surface area (Å²) >= 11 is 0. The summed E-state index contributed by atoms with van der Waals surface area (Å²) in [6.07, 6.45) is 1.07. The molecule has 0 atom stereocenters. The topological polar surface area (TPSA) is 48.9 Å². The molecule has 2 aliphatic carbocycles. The average molecular weight is 398 g/mol. The molecule has 8 heteroatoms. The zero-order valence-electron chi connectivity index (χ0n) is 16.3. The molecule has 156 valence electrons. The molecule has 0 unspecified atom stereocenters. The fraction of sp³-hybridized carbons (Fsp3) is 0.650. The lowest BCUT2D eigenvalue weighted by Crippen LogP contribution is -2.42. The first-order valence-electron chi connectivity index (χ1n) is 9.90. The summed E-state index contributed by atoms with van der Waals surface area (Å²) in [4.78, 5) is 6.83.